The number of nitrogens with zero attached hydrogens (tertiary/aromatic N) is 3. The molecule has 0 amide bonds. The topological polar surface area (TPSA) is 58.5 Å². The summed E-state index contributed by atoms with van der Waals surface area (Å²) in [6.07, 6.45) is 4.84. The van der Waals surface area contributed by atoms with Crippen molar-refractivity contribution in [2.24, 2.45) is 11.3 Å². The number of aliphatic hydroxyl groups is 1. The number of hydrogen-bond donors (Lipinski definition) is 1. The summed E-state index contributed by atoms with van der Waals surface area (Å²) < 4.78 is 5.58. The van der Waals surface area contributed by atoms with Crippen LogP contribution in [0.15, 0.2) is 12.4 Å². The maximum Gasteiger partial charge on any atom is 0.225 e. The minimum atomic E-state index is -0.127. The Bertz CT molecular complexity index is 463. The lowest BCUT2D eigenvalue weighted by atomic mass is 9.76. The molecule has 0 aromatic carbocycles. The average Bonchev–Trinajstić information content (AvgIpc) is 2.87. The van der Waals surface area contributed by atoms with E-state index in [4.69, 9.17) is 4.74 Å². The van der Waals surface area contributed by atoms with Crippen molar-refractivity contribution in [2.75, 3.05) is 37.8 Å². The van der Waals surface area contributed by atoms with Crippen LogP contribution in [0.1, 0.15) is 31.7 Å². The van der Waals surface area contributed by atoms with E-state index in [0.717, 1.165) is 37.6 Å². The number of fused-ring (bicyclic) bond motifs is 1. The van der Waals surface area contributed by atoms with E-state index in [0.29, 0.717) is 18.4 Å². The summed E-state index contributed by atoms with van der Waals surface area (Å²) in [4.78, 5) is 11.2. The molecule has 2 aliphatic rings. The van der Waals surface area contributed by atoms with E-state index in [1.807, 2.05) is 12.4 Å². The van der Waals surface area contributed by atoms with E-state index in [-0.39, 0.29) is 12.0 Å². The number of aliphatic hydroxyl groups excluding tert-OH is 1. The van der Waals surface area contributed by atoms with Gasteiger partial charge in [0.1, 0.15) is 0 Å². The molecule has 2 saturated heterocycles. The molecule has 1 aromatic rings. The van der Waals surface area contributed by atoms with Crippen LogP contribution in [0.25, 0.3) is 0 Å². The molecule has 110 valence electrons. The van der Waals surface area contributed by atoms with Crippen LogP contribution in [-0.4, -0.2) is 48.0 Å². The van der Waals surface area contributed by atoms with Gasteiger partial charge in [-0.3, -0.25) is 0 Å². The summed E-state index contributed by atoms with van der Waals surface area (Å²) in [5.41, 5.74) is 1.03. The predicted octanol–water partition coefficient (Wildman–Crippen LogP) is 1.44. The predicted molar refractivity (Wildman–Crippen MR) is 76.8 cm³/mol. The summed E-state index contributed by atoms with van der Waals surface area (Å²) >= 11 is 0. The lowest BCUT2D eigenvalue weighted by molar-refractivity contribution is -0.0543. The van der Waals surface area contributed by atoms with E-state index in [9.17, 15) is 5.11 Å². The normalized spacial score (nSPS) is 29.8. The lowest BCUT2D eigenvalue weighted by Crippen LogP contribution is -2.43. The van der Waals surface area contributed by atoms with Gasteiger partial charge in [-0.2, -0.15) is 0 Å². The van der Waals surface area contributed by atoms with E-state index in [1.165, 1.54) is 0 Å². The number of hydrogen-bond acceptors (Lipinski definition) is 5. The maximum absolute atomic E-state index is 9.79. The lowest BCUT2D eigenvalue weighted by Gasteiger charge is -2.36. The Morgan fingerprint density at radius 2 is 2.20 bits per heavy atom. The first-order valence-electron chi connectivity index (χ1n) is 7.40. The molecule has 0 spiro atoms. The highest BCUT2D eigenvalue weighted by atomic mass is 16.5. The zero-order chi connectivity index (χ0) is 14.2. The largest absolute Gasteiger partial charge is 0.396 e. The Hall–Kier alpha value is -1.20. The highest BCUT2D eigenvalue weighted by Gasteiger charge is 2.48. The van der Waals surface area contributed by atoms with Crippen molar-refractivity contribution in [3.63, 3.8) is 0 Å². The molecule has 0 bridgehead atoms. The van der Waals surface area contributed by atoms with Gasteiger partial charge < -0.3 is 14.7 Å². The van der Waals surface area contributed by atoms with Gasteiger partial charge in [0, 0.05) is 37.5 Å². The van der Waals surface area contributed by atoms with Crippen LogP contribution >= 0.6 is 0 Å². The van der Waals surface area contributed by atoms with Gasteiger partial charge in [-0.15, -0.1) is 0 Å². The Balaban J connectivity index is 1.78. The fourth-order valence-electron chi connectivity index (χ4n) is 3.27. The molecular weight excluding hydrogens is 254 g/mol. The molecule has 3 heterocycles. The van der Waals surface area contributed by atoms with Crippen LogP contribution in [0, 0.1) is 11.3 Å². The Labute approximate surface area is 120 Å². The summed E-state index contributed by atoms with van der Waals surface area (Å²) in [5, 5.41) is 9.79. The van der Waals surface area contributed by atoms with Gasteiger partial charge in [0.25, 0.3) is 0 Å². The molecule has 0 radical (unpaired) electrons. The first kappa shape index (κ1) is 13.8. The van der Waals surface area contributed by atoms with Gasteiger partial charge in [0.15, 0.2) is 0 Å². The van der Waals surface area contributed by atoms with E-state index in [2.05, 4.69) is 28.7 Å². The summed E-state index contributed by atoms with van der Waals surface area (Å²) in [7, 11) is 0. The standard InChI is InChI=1S/C15H23N3O2/c1-11(2)12-5-16-14(17-6-12)18-7-13-3-4-20-10-15(13,8-18)9-19/h5-6,11,13,19H,3-4,7-10H2,1-2H3/t13-,15+/m0/s1. The molecule has 0 unspecified atom stereocenters. The molecule has 2 atom stereocenters. The second-order valence-electron chi connectivity index (χ2n) is 6.41. The van der Waals surface area contributed by atoms with Gasteiger partial charge in [-0.25, -0.2) is 9.97 Å². The van der Waals surface area contributed by atoms with Gasteiger partial charge >= 0.3 is 0 Å². The van der Waals surface area contributed by atoms with Crippen LogP contribution in [0.5, 0.6) is 0 Å². The molecule has 2 aliphatic heterocycles. The number of anilines is 1. The smallest absolute Gasteiger partial charge is 0.225 e. The third kappa shape index (κ3) is 2.29. The molecule has 5 heteroatoms. The Morgan fingerprint density at radius 1 is 1.45 bits per heavy atom. The van der Waals surface area contributed by atoms with Crippen molar-refractivity contribution in [3.05, 3.63) is 18.0 Å². The monoisotopic (exact) mass is 277 g/mol. The summed E-state index contributed by atoms with van der Waals surface area (Å²) in [6.45, 7) is 7.61. The number of rotatable bonds is 3. The van der Waals surface area contributed by atoms with Crippen molar-refractivity contribution < 1.29 is 9.84 Å². The first-order valence-corrected chi connectivity index (χ1v) is 7.40. The van der Waals surface area contributed by atoms with Crippen LogP contribution in [-0.2, 0) is 4.74 Å². The van der Waals surface area contributed by atoms with Gasteiger partial charge in [-0.05, 0) is 23.8 Å². The minimum absolute atomic E-state index is 0.127. The fourth-order valence-corrected chi connectivity index (χ4v) is 3.27. The molecule has 0 saturated carbocycles. The highest BCUT2D eigenvalue weighted by Crippen LogP contribution is 2.41. The Kier molecular flexibility index (Phi) is 3.65. The van der Waals surface area contributed by atoms with E-state index < -0.39 is 0 Å². The molecule has 5 nitrogen and oxygen atoms in total. The second-order valence-corrected chi connectivity index (χ2v) is 6.41. The summed E-state index contributed by atoms with van der Waals surface area (Å²) in [5.74, 6) is 1.70. The Morgan fingerprint density at radius 3 is 2.80 bits per heavy atom. The van der Waals surface area contributed by atoms with Gasteiger partial charge in [0.05, 0.1) is 13.2 Å². The maximum atomic E-state index is 9.79. The summed E-state index contributed by atoms with van der Waals surface area (Å²) in [6, 6.07) is 0. The van der Waals surface area contributed by atoms with Crippen molar-refractivity contribution in [1.29, 1.82) is 0 Å². The molecular formula is C15H23N3O2. The van der Waals surface area contributed by atoms with Gasteiger partial charge in [0.2, 0.25) is 5.95 Å². The molecule has 2 fully saturated rings. The molecule has 0 aliphatic carbocycles. The van der Waals surface area contributed by atoms with Crippen molar-refractivity contribution in [3.8, 4) is 0 Å². The minimum Gasteiger partial charge on any atom is -0.396 e. The molecule has 1 N–H and O–H groups in total. The SMILES string of the molecule is CC(C)c1cnc(N2C[C@@H]3CCOC[C@]3(CO)C2)nc1. The van der Waals surface area contributed by atoms with Crippen molar-refractivity contribution in [2.45, 2.75) is 26.2 Å². The fraction of sp³-hybridized carbons (Fsp3) is 0.733. The molecule has 1 aromatic heterocycles. The molecule has 3 rings (SSSR count). The van der Waals surface area contributed by atoms with Crippen LogP contribution in [0.3, 0.4) is 0 Å². The third-order valence-corrected chi connectivity index (χ3v) is 4.74. The van der Waals surface area contributed by atoms with Crippen LogP contribution in [0.2, 0.25) is 0 Å². The van der Waals surface area contributed by atoms with E-state index >= 15 is 0 Å². The zero-order valence-electron chi connectivity index (χ0n) is 12.2. The van der Waals surface area contributed by atoms with Crippen LogP contribution in [0.4, 0.5) is 5.95 Å². The third-order valence-electron chi connectivity index (χ3n) is 4.74. The average molecular weight is 277 g/mol. The highest BCUT2D eigenvalue weighted by molar-refractivity contribution is 5.34. The quantitative estimate of drug-likeness (QED) is 0.906. The van der Waals surface area contributed by atoms with Crippen molar-refractivity contribution >= 4 is 5.95 Å². The number of aromatic nitrogens is 2. The zero-order valence-corrected chi connectivity index (χ0v) is 12.2. The molecule has 20 heavy (non-hydrogen) atoms. The van der Waals surface area contributed by atoms with Crippen molar-refractivity contribution in [1.82, 2.24) is 9.97 Å². The first-order chi connectivity index (χ1) is 9.64. The van der Waals surface area contributed by atoms with Crippen LogP contribution < -0.4 is 4.90 Å². The number of ether oxygens (including phenoxy) is 1. The van der Waals surface area contributed by atoms with E-state index in [1.54, 1.807) is 0 Å². The second kappa shape index (κ2) is 5.30. The van der Waals surface area contributed by atoms with Gasteiger partial charge in [-0.1, -0.05) is 13.8 Å².